The molecule has 0 radical (unpaired) electrons. The molecule has 31 heavy (non-hydrogen) atoms. The van der Waals surface area contributed by atoms with Crippen LogP contribution in [0.1, 0.15) is 21.7 Å². The standard InChI is InChI=1S/C24H21ClN4O2/c25-18-12-10-17(11-13-18)23(30)29-21(14-16-6-2-1-3-7-16)24(31)26-15-22-27-19-8-4-5-9-20(19)28-22/h1-13,21H,14-15H2,(H,26,31)(H,27,28)(H,29,30). The van der Waals surface area contributed by atoms with Gasteiger partial charge in [-0.1, -0.05) is 54.1 Å². The Bertz CT molecular complexity index is 1160. The minimum absolute atomic E-state index is 0.232. The lowest BCUT2D eigenvalue weighted by molar-refractivity contribution is -0.123. The van der Waals surface area contributed by atoms with E-state index in [4.69, 9.17) is 11.6 Å². The summed E-state index contributed by atoms with van der Waals surface area (Å²) in [7, 11) is 0. The van der Waals surface area contributed by atoms with Crippen LogP contribution in [0.25, 0.3) is 11.0 Å². The SMILES string of the molecule is O=C(NC(Cc1ccccc1)C(=O)NCc1nc2ccccc2[nH]1)c1ccc(Cl)cc1. The summed E-state index contributed by atoms with van der Waals surface area (Å²) in [6.07, 6.45) is 0.367. The maximum absolute atomic E-state index is 13.0. The van der Waals surface area contributed by atoms with Gasteiger partial charge in [0.15, 0.2) is 0 Å². The second kappa shape index (κ2) is 9.45. The predicted molar refractivity (Wildman–Crippen MR) is 121 cm³/mol. The largest absolute Gasteiger partial charge is 0.347 e. The Balaban J connectivity index is 1.47. The van der Waals surface area contributed by atoms with E-state index in [1.165, 1.54) is 0 Å². The summed E-state index contributed by atoms with van der Waals surface area (Å²) in [5, 5.41) is 6.26. The molecule has 0 fully saturated rings. The number of aromatic nitrogens is 2. The van der Waals surface area contributed by atoms with Gasteiger partial charge in [-0.05, 0) is 42.0 Å². The first-order valence-electron chi connectivity index (χ1n) is 9.90. The maximum atomic E-state index is 13.0. The number of carbonyl (C=O) groups is 2. The summed E-state index contributed by atoms with van der Waals surface area (Å²) in [6.45, 7) is 0.232. The lowest BCUT2D eigenvalue weighted by atomic mass is 10.0. The molecule has 1 atom stereocenters. The van der Waals surface area contributed by atoms with Gasteiger partial charge in [0.25, 0.3) is 5.91 Å². The first-order valence-corrected chi connectivity index (χ1v) is 10.3. The Morgan fingerprint density at radius 2 is 1.65 bits per heavy atom. The van der Waals surface area contributed by atoms with E-state index in [-0.39, 0.29) is 18.4 Å². The van der Waals surface area contributed by atoms with Crippen LogP contribution in [0.3, 0.4) is 0 Å². The van der Waals surface area contributed by atoms with Crippen molar-refractivity contribution in [3.63, 3.8) is 0 Å². The van der Waals surface area contributed by atoms with Crippen LogP contribution in [0, 0.1) is 0 Å². The minimum Gasteiger partial charge on any atom is -0.347 e. The first-order chi connectivity index (χ1) is 15.1. The molecule has 0 aliphatic carbocycles. The lowest BCUT2D eigenvalue weighted by Crippen LogP contribution is -2.47. The molecule has 0 saturated heterocycles. The highest BCUT2D eigenvalue weighted by Crippen LogP contribution is 2.12. The van der Waals surface area contributed by atoms with Gasteiger partial charge in [-0.2, -0.15) is 0 Å². The molecule has 4 aromatic rings. The van der Waals surface area contributed by atoms with Crippen molar-refractivity contribution in [1.82, 2.24) is 20.6 Å². The number of imidazole rings is 1. The number of nitrogens with one attached hydrogen (secondary N) is 3. The predicted octanol–water partition coefficient (Wildman–Crippen LogP) is 3.87. The highest BCUT2D eigenvalue weighted by molar-refractivity contribution is 6.30. The molecular formula is C24H21ClN4O2. The smallest absolute Gasteiger partial charge is 0.251 e. The van der Waals surface area contributed by atoms with Gasteiger partial charge in [-0.25, -0.2) is 4.98 Å². The zero-order valence-electron chi connectivity index (χ0n) is 16.6. The molecule has 0 spiro atoms. The number of carbonyl (C=O) groups excluding carboxylic acids is 2. The van der Waals surface area contributed by atoms with Crippen molar-refractivity contribution in [3.05, 3.63) is 101 Å². The van der Waals surface area contributed by atoms with Crippen molar-refractivity contribution in [2.24, 2.45) is 0 Å². The number of rotatable bonds is 7. The highest BCUT2D eigenvalue weighted by Gasteiger charge is 2.22. The van der Waals surface area contributed by atoms with Crippen molar-refractivity contribution in [3.8, 4) is 0 Å². The quantitative estimate of drug-likeness (QED) is 0.414. The Morgan fingerprint density at radius 3 is 2.39 bits per heavy atom. The number of hydrogen-bond acceptors (Lipinski definition) is 3. The second-order valence-corrected chi connectivity index (χ2v) is 7.58. The van der Waals surface area contributed by atoms with Crippen molar-refractivity contribution in [2.75, 3.05) is 0 Å². The Hall–Kier alpha value is -3.64. The minimum atomic E-state index is -0.741. The van der Waals surface area contributed by atoms with E-state index in [1.807, 2.05) is 54.6 Å². The summed E-state index contributed by atoms with van der Waals surface area (Å²) >= 11 is 5.90. The van der Waals surface area contributed by atoms with Gasteiger partial charge in [0.05, 0.1) is 17.6 Å². The van der Waals surface area contributed by atoms with Crippen LogP contribution in [0.4, 0.5) is 0 Å². The van der Waals surface area contributed by atoms with Crippen LogP contribution in [0.2, 0.25) is 5.02 Å². The molecule has 6 nitrogen and oxygen atoms in total. The van der Waals surface area contributed by atoms with Crippen molar-refractivity contribution in [1.29, 1.82) is 0 Å². The molecular weight excluding hydrogens is 412 g/mol. The molecule has 7 heteroatoms. The van der Waals surface area contributed by atoms with Gasteiger partial charge < -0.3 is 15.6 Å². The molecule has 4 rings (SSSR count). The van der Waals surface area contributed by atoms with Gasteiger partial charge in [0.1, 0.15) is 11.9 Å². The number of H-pyrrole nitrogens is 1. The van der Waals surface area contributed by atoms with E-state index in [0.717, 1.165) is 16.6 Å². The average molecular weight is 433 g/mol. The normalized spacial score (nSPS) is 11.8. The number of benzene rings is 3. The number of hydrogen-bond donors (Lipinski definition) is 3. The van der Waals surface area contributed by atoms with E-state index in [0.29, 0.717) is 22.8 Å². The molecule has 3 aromatic carbocycles. The van der Waals surface area contributed by atoms with Crippen LogP contribution in [0.5, 0.6) is 0 Å². The number of aromatic amines is 1. The van der Waals surface area contributed by atoms with Crippen LogP contribution in [-0.2, 0) is 17.8 Å². The van der Waals surface area contributed by atoms with Crippen molar-refractivity contribution < 1.29 is 9.59 Å². The van der Waals surface area contributed by atoms with E-state index in [2.05, 4.69) is 20.6 Å². The molecule has 1 heterocycles. The van der Waals surface area contributed by atoms with Crippen molar-refractivity contribution >= 4 is 34.4 Å². The topological polar surface area (TPSA) is 86.9 Å². The van der Waals surface area contributed by atoms with E-state index in [1.54, 1.807) is 24.3 Å². The van der Waals surface area contributed by atoms with Crippen molar-refractivity contribution in [2.45, 2.75) is 19.0 Å². The van der Waals surface area contributed by atoms with Crippen LogP contribution in [-0.4, -0.2) is 27.8 Å². The molecule has 2 amide bonds. The molecule has 156 valence electrons. The number of para-hydroxylation sites is 2. The Labute approximate surface area is 184 Å². The molecule has 1 aromatic heterocycles. The second-order valence-electron chi connectivity index (χ2n) is 7.14. The molecule has 0 saturated carbocycles. The molecule has 3 N–H and O–H groups in total. The average Bonchev–Trinajstić information content (AvgIpc) is 3.21. The number of halogens is 1. The van der Waals surface area contributed by atoms with Crippen LogP contribution in [0.15, 0.2) is 78.9 Å². The fourth-order valence-electron chi connectivity index (χ4n) is 3.29. The molecule has 0 aliphatic heterocycles. The van der Waals surface area contributed by atoms with Crippen LogP contribution >= 0.6 is 11.6 Å². The molecule has 0 bridgehead atoms. The Kier molecular flexibility index (Phi) is 6.29. The monoisotopic (exact) mass is 432 g/mol. The maximum Gasteiger partial charge on any atom is 0.251 e. The lowest BCUT2D eigenvalue weighted by Gasteiger charge is -2.18. The molecule has 1 unspecified atom stereocenters. The summed E-state index contributed by atoms with van der Waals surface area (Å²) in [5.41, 5.74) is 3.13. The fourth-order valence-corrected chi connectivity index (χ4v) is 3.41. The third-order valence-corrected chi connectivity index (χ3v) is 5.13. The van der Waals surface area contributed by atoms with Gasteiger partial charge in [0, 0.05) is 17.0 Å². The van der Waals surface area contributed by atoms with E-state index in [9.17, 15) is 9.59 Å². The third kappa shape index (κ3) is 5.29. The first kappa shape index (κ1) is 20.6. The third-order valence-electron chi connectivity index (χ3n) is 4.88. The number of fused-ring (bicyclic) bond motifs is 1. The summed E-state index contributed by atoms with van der Waals surface area (Å²) in [4.78, 5) is 33.3. The summed E-state index contributed by atoms with van der Waals surface area (Å²) < 4.78 is 0. The van der Waals surface area contributed by atoms with E-state index >= 15 is 0 Å². The van der Waals surface area contributed by atoms with Gasteiger partial charge in [-0.3, -0.25) is 9.59 Å². The Morgan fingerprint density at radius 1 is 0.935 bits per heavy atom. The number of amides is 2. The van der Waals surface area contributed by atoms with Gasteiger partial charge in [-0.15, -0.1) is 0 Å². The highest BCUT2D eigenvalue weighted by atomic mass is 35.5. The van der Waals surface area contributed by atoms with E-state index < -0.39 is 6.04 Å². The fraction of sp³-hybridized carbons (Fsp3) is 0.125. The van der Waals surface area contributed by atoms with Gasteiger partial charge >= 0.3 is 0 Å². The summed E-state index contributed by atoms with van der Waals surface area (Å²) in [6, 6.07) is 23.0. The molecule has 0 aliphatic rings. The zero-order valence-corrected chi connectivity index (χ0v) is 17.4. The van der Waals surface area contributed by atoms with Crippen LogP contribution < -0.4 is 10.6 Å². The number of nitrogens with zero attached hydrogens (tertiary/aromatic N) is 1. The van der Waals surface area contributed by atoms with Gasteiger partial charge in [0.2, 0.25) is 5.91 Å². The zero-order chi connectivity index (χ0) is 21.6. The summed E-state index contributed by atoms with van der Waals surface area (Å²) in [5.74, 6) is 0.0279.